The van der Waals surface area contributed by atoms with Gasteiger partial charge in [-0.3, -0.25) is 9.59 Å². The molecular formula is C28H33Cl2N5O3. The molecule has 0 unspecified atom stereocenters. The zero-order valence-electron chi connectivity index (χ0n) is 21.5. The average molecular weight is 559 g/mol. The molecule has 0 bridgehead atoms. The summed E-state index contributed by atoms with van der Waals surface area (Å²) in [5.41, 5.74) is 0.627. The second-order valence-corrected chi connectivity index (χ2v) is 11.4. The van der Waals surface area contributed by atoms with E-state index in [1.54, 1.807) is 28.0 Å². The molecule has 1 N–H and O–H groups in total. The summed E-state index contributed by atoms with van der Waals surface area (Å²) in [5, 5.41) is 3.71. The molecule has 38 heavy (non-hydrogen) atoms. The van der Waals surface area contributed by atoms with E-state index in [1.807, 2.05) is 35.2 Å². The van der Waals surface area contributed by atoms with Crippen LogP contribution in [0.15, 0.2) is 48.5 Å². The summed E-state index contributed by atoms with van der Waals surface area (Å²) in [6.07, 6.45) is 2.93. The van der Waals surface area contributed by atoms with Crippen molar-refractivity contribution in [3.8, 4) is 0 Å². The first-order chi connectivity index (χ1) is 18.3. The topological polar surface area (TPSA) is 76.2 Å². The Kier molecular flexibility index (Phi) is 7.73. The van der Waals surface area contributed by atoms with Crippen LogP contribution in [0.3, 0.4) is 0 Å². The molecule has 3 aliphatic heterocycles. The summed E-state index contributed by atoms with van der Waals surface area (Å²) >= 11 is 12.2. The molecule has 4 amide bonds. The van der Waals surface area contributed by atoms with Crippen molar-refractivity contribution in [1.82, 2.24) is 14.7 Å². The molecule has 2 aromatic rings. The van der Waals surface area contributed by atoms with Gasteiger partial charge in [-0.05, 0) is 61.9 Å². The van der Waals surface area contributed by atoms with Crippen LogP contribution in [-0.2, 0) is 9.59 Å². The number of hydrogen-bond donors (Lipinski definition) is 1. The Bertz CT molecular complexity index is 1190. The number of nitrogens with zero attached hydrogens (tertiary/aromatic N) is 4. The lowest BCUT2D eigenvalue weighted by Crippen LogP contribution is -2.58. The second kappa shape index (κ2) is 11.0. The highest BCUT2D eigenvalue weighted by molar-refractivity contribution is 6.36. The predicted molar refractivity (Wildman–Crippen MR) is 149 cm³/mol. The van der Waals surface area contributed by atoms with Crippen LogP contribution >= 0.6 is 23.2 Å². The molecule has 10 heteroatoms. The molecule has 8 nitrogen and oxygen atoms in total. The third-order valence-corrected chi connectivity index (χ3v) is 8.64. The molecule has 0 saturated carbocycles. The van der Waals surface area contributed by atoms with Crippen molar-refractivity contribution in [3.05, 3.63) is 58.6 Å². The van der Waals surface area contributed by atoms with Gasteiger partial charge < -0.3 is 24.9 Å². The molecule has 202 valence electrons. The Morgan fingerprint density at radius 3 is 2.32 bits per heavy atom. The number of hydrogen-bond acceptors (Lipinski definition) is 4. The fourth-order valence-electron chi connectivity index (χ4n) is 5.71. The molecule has 0 radical (unpaired) electrons. The number of amides is 4. The molecule has 2 aromatic carbocycles. The number of anilines is 2. The molecule has 0 aromatic heterocycles. The van der Waals surface area contributed by atoms with Crippen molar-refractivity contribution in [2.45, 2.75) is 38.1 Å². The first kappa shape index (κ1) is 26.6. The second-order valence-electron chi connectivity index (χ2n) is 10.5. The van der Waals surface area contributed by atoms with E-state index >= 15 is 0 Å². The number of carbonyl (C=O) groups excluding carboxylic acids is 3. The van der Waals surface area contributed by atoms with Crippen LogP contribution in [0.5, 0.6) is 0 Å². The minimum absolute atomic E-state index is 0.00645. The monoisotopic (exact) mass is 557 g/mol. The number of para-hydroxylation sites is 1. The van der Waals surface area contributed by atoms with Crippen molar-refractivity contribution in [1.29, 1.82) is 0 Å². The maximum absolute atomic E-state index is 13.9. The van der Waals surface area contributed by atoms with E-state index in [9.17, 15) is 14.4 Å². The van der Waals surface area contributed by atoms with Crippen LogP contribution in [0.4, 0.5) is 16.2 Å². The molecule has 0 atom stereocenters. The van der Waals surface area contributed by atoms with Gasteiger partial charge in [-0.25, -0.2) is 4.79 Å². The van der Waals surface area contributed by atoms with E-state index in [2.05, 4.69) is 17.1 Å². The van der Waals surface area contributed by atoms with Crippen LogP contribution < -0.4 is 10.2 Å². The maximum Gasteiger partial charge on any atom is 0.321 e. The predicted octanol–water partition coefficient (Wildman–Crippen LogP) is 4.92. The van der Waals surface area contributed by atoms with Gasteiger partial charge in [-0.1, -0.05) is 48.3 Å². The summed E-state index contributed by atoms with van der Waals surface area (Å²) in [6.45, 7) is 4.94. The van der Waals surface area contributed by atoms with Crippen LogP contribution in [0.2, 0.25) is 10.0 Å². The average Bonchev–Trinajstić information content (AvgIpc) is 3.17. The highest BCUT2D eigenvalue weighted by Crippen LogP contribution is 2.40. The van der Waals surface area contributed by atoms with Crippen molar-refractivity contribution in [2.75, 3.05) is 49.6 Å². The van der Waals surface area contributed by atoms with E-state index in [0.29, 0.717) is 54.3 Å². The van der Waals surface area contributed by atoms with Gasteiger partial charge in [0, 0.05) is 36.9 Å². The van der Waals surface area contributed by atoms with Gasteiger partial charge in [0.2, 0.25) is 5.91 Å². The number of carbonyl (C=O) groups is 3. The van der Waals surface area contributed by atoms with Crippen LogP contribution in [0, 0.1) is 5.92 Å². The smallest absolute Gasteiger partial charge is 0.321 e. The van der Waals surface area contributed by atoms with Crippen LogP contribution in [-0.4, -0.2) is 77.5 Å². The first-order valence-corrected chi connectivity index (χ1v) is 13.9. The van der Waals surface area contributed by atoms with Crippen molar-refractivity contribution in [3.63, 3.8) is 0 Å². The lowest BCUT2D eigenvalue weighted by atomic mass is 9.85. The van der Waals surface area contributed by atoms with Gasteiger partial charge >= 0.3 is 6.03 Å². The summed E-state index contributed by atoms with van der Waals surface area (Å²) in [6, 6.07) is 14.5. The third-order valence-electron chi connectivity index (χ3n) is 8.09. The van der Waals surface area contributed by atoms with Gasteiger partial charge in [0.15, 0.2) is 0 Å². The zero-order valence-corrected chi connectivity index (χ0v) is 23.0. The van der Waals surface area contributed by atoms with Gasteiger partial charge in [0.05, 0.1) is 17.4 Å². The highest BCUT2D eigenvalue weighted by atomic mass is 35.5. The van der Waals surface area contributed by atoms with Gasteiger partial charge in [0.25, 0.3) is 5.91 Å². The number of nitrogens with one attached hydrogen (secondary N) is 1. The number of likely N-dealkylation sites (tertiary alicyclic amines) is 2. The number of rotatable bonds is 4. The van der Waals surface area contributed by atoms with Crippen LogP contribution in [0.25, 0.3) is 0 Å². The SMILES string of the molecule is CC1CCN(C(=O)CN2CN(c3ccccc3)C3(CCN(C(=O)Nc4ccc(Cl)cc4Cl)CC3)C2=O)CC1. The van der Waals surface area contributed by atoms with Crippen molar-refractivity contribution in [2.24, 2.45) is 5.92 Å². The number of benzene rings is 2. The number of urea groups is 1. The minimum atomic E-state index is -0.799. The van der Waals surface area contributed by atoms with Gasteiger partial charge in [0.1, 0.15) is 12.1 Å². The van der Waals surface area contributed by atoms with Gasteiger partial charge in [-0.2, -0.15) is 0 Å². The molecule has 3 aliphatic rings. The Morgan fingerprint density at radius 1 is 0.974 bits per heavy atom. The lowest BCUT2D eigenvalue weighted by molar-refractivity contribution is -0.141. The molecule has 3 heterocycles. The standard InChI is InChI=1S/C28H33Cl2N5O3/c1-20-9-13-32(14-10-20)25(36)18-34-19-35(22-5-3-2-4-6-22)28(26(34)37)11-15-33(16-12-28)27(38)31-24-8-7-21(29)17-23(24)30/h2-8,17,20H,9-16,18-19H2,1H3,(H,31,38). The quantitative estimate of drug-likeness (QED) is 0.578. The number of piperidine rings is 2. The van der Waals surface area contributed by atoms with E-state index in [0.717, 1.165) is 31.6 Å². The van der Waals surface area contributed by atoms with Gasteiger partial charge in [-0.15, -0.1) is 0 Å². The molecule has 3 fully saturated rings. The fourth-order valence-corrected chi connectivity index (χ4v) is 6.16. The highest BCUT2D eigenvalue weighted by Gasteiger charge is 2.54. The van der Waals surface area contributed by atoms with Crippen LogP contribution in [0.1, 0.15) is 32.6 Å². The van der Waals surface area contributed by atoms with Crippen molar-refractivity contribution < 1.29 is 14.4 Å². The molecule has 0 aliphatic carbocycles. The minimum Gasteiger partial charge on any atom is -0.341 e. The van der Waals surface area contributed by atoms with Crippen molar-refractivity contribution >= 4 is 52.4 Å². The maximum atomic E-state index is 13.9. The zero-order chi connectivity index (χ0) is 26.9. The summed E-state index contributed by atoms with van der Waals surface area (Å²) in [4.78, 5) is 47.5. The third kappa shape index (κ3) is 5.29. The van der Waals surface area contributed by atoms with E-state index in [4.69, 9.17) is 23.2 Å². The first-order valence-electron chi connectivity index (χ1n) is 13.2. The Morgan fingerprint density at radius 2 is 1.66 bits per heavy atom. The lowest BCUT2D eigenvalue weighted by Gasteiger charge is -2.43. The summed E-state index contributed by atoms with van der Waals surface area (Å²) in [7, 11) is 0. The van der Waals surface area contributed by atoms with E-state index in [1.165, 1.54) is 0 Å². The summed E-state index contributed by atoms with van der Waals surface area (Å²) in [5.74, 6) is 0.593. The van der Waals surface area contributed by atoms with E-state index in [-0.39, 0.29) is 24.4 Å². The molecule has 1 spiro atoms. The Labute approximate surface area is 233 Å². The molecule has 5 rings (SSSR count). The molecular weight excluding hydrogens is 525 g/mol. The fraction of sp³-hybridized carbons (Fsp3) is 0.464. The van der Waals surface area contributed by atoms with E-state index < -0.39 is 5.54 Å². The number of halogens is 2. The Balaban J connectivity index is 1.30. The Hall–Kier alpha value is -2.97. The normalized spacial score (nSPS) is 19.8. The molecule has 3 saturated heterocycles. The summed E-state index contributed by atoms with van der Waals surface area (Å²) < 4.78 is 0. The largest absolute Gasteiger partial charge is 0.341 e.